The van der Waals surface area contributed by atoms with Gasteiger partial charge in [-0.1, -0.05) is 12.8 Å². The average Bonchev–Trinajstić information content (AvgIpc) is 2.63. The summed E-state index contributed by atoms with van der Waals surface area (Å²) in [6.07, 6.45) is 7.84. The molecule has 1 aliphatic carbocycles. The molecule has 0 saturated carbocycles. The number of thiazole rings is 1. The highest BCUT2D eigenvalue weighted by Gasteiger charge is 2.30. The van der Waals surface area contributed by atoms with E-state index < -0.39 is 0 Å². The summed E-state index contributed by atoms with van der Waals surface area (Å²) in [5.41, 5.74) is 1.25. The second-order valence-corrected chi connectivity index (χ2v) is 7.07. The minimum Gasteiger partial charge on any atom is -0.342 e. The van der Waals surface area contributed by atoms with E-state index in [0.29, 0.717) is 5.91 Å². The number of hydrogen-bond acceptors (Lipinski definition) is 3. The fourth-order valence-corrected chi connectivity index (χ4v) is 4.33. The van der Waals surface area contributed by atoms with Gasteiger partial charge in [0.15, 0.2) is 0 Å². The minimum atomic E-state index is 0.213. The molecule has 3 rings (SSSR count). The van der Waals surface area contributed by atoms with Gasteiger partial charge in [0.2, 0.25) is 5.91 Å². The second kappa shape index (κ2) is 5.61. The Morgan fingerprint density at radius 2 is 2.00 bits per heavy atom. The highest BCUT2D eigenvalue weighted by Crippen LogP contribution is 2.31. The smallest absolute Gasteiger partial charge is 0.226 e. The van der Waals surface area contributed by atoms with Gasteiger partial charge in [-0.2, -0.15) is 0 Å². The lowest BCUT2D eigenvalue weighted by molar-refractivity contribution is -0.135. The van der Waals surface area contributed by atoms with Gasteiger partial charge in [-0.3, -0.25) is 4.79 Å². The molecule has 19 heavy (non-hydrogen) atoms. The molecule has 0 aromatic carbocycles. The molecule has 1 unspecified atom stereocenters. The predicted molar refractivity (Wildman–Crippen MR) is 77.4 cm³/mol. The van der Waals surface area contributed by atoms with Crippen molar-refractivity contribution in [2.24, 2.45) is 5.92 Å². The van der Waals surface area contributed by atoms with E-state index in [4.69, 9.17) is 0 Å². The molecular weight excluding hydrogens is 256 g/mol. The van der Waals surface area contributed by atoms with Crippen molar-refractivity contribution in [3.05, 3.63) is 15.6 Å². The Morgan fingerprint density at radius 3 is 2.74 bits per heavy atom. The summed E-state index contributed by atoms with van der Waals surface area (Å²) >= 11 is 1.78. The van der Waals surface area contributed by atoms with Gasteiger partial charge in [-0.05, 0) is 39.0 Å². The van der Waals surface area contributed by atoms with Crippen LogP contribution >= 0.6 is 11.3 Å². The van der Waals surface area contributed by atoms with Crippen LogP contribution in [0.2, 0.25) is 0 Å². The number of fused-ring (bicyclic) bond motifs is 1. The van der Waals surface area contributed by atoms with Gasteiger partial charge in [0.05, 0.1) is 10.7 Å². The van der Waals surface area contributed by atoms with Crippen LogP contribution in [0.25, 0.3) is 0 Å². The summed E-state index contributed by atoms with van der Waals surface area (Å²) in [6, 6.07) is 0. The lowest BCUT2D eigenvalue weighted by Gasteiger charge is -2.28. The third kappa shape index (κ3) is 2.83. The zero-order valence-electron chi connectivity index (χ0n) is 11.7. The molecule has 1 aromatic heterocycles. The van der Waals surface area contributed by atoms with Gasteiger partial charge in [0.1, 0.15) is 0 Å². The Balaban J connectivity index is 1.68. The van der Waals surface area contributed by atoms with E-state index in [1.54, 1.807) is 11.3 Å². The molecule has 104 valence electrons. The first-order valence-electron chi connectivity index (χ1n) is 7.48. The van der Waals surface area contributed by atoms with Gasteiger partial charge in [-0.25, -0.2) is 4.98 Å². The zero-order chi connectivity index (χ0) is 13.2. The number of aryl methyl sites for hydroxylation is 2. The van der Waals surface area contributed by atoms with Gasteiger partial charge < -0.3 is 4.90 Å². The normalized spacial score (nSPS) is 23.8. The molecule has 2 heterocycles. The summed E-state index contributed by atoms with van der Waals surface area (Å²) in [6.45, 7) is 4.02. The topological polar surface area (TPSA) is 33.2 Å². The van der Waals surface area contributed by atoms with Gasteiger partial charge in [-0.15, -0.1) is 11.3 Å². The maximum absolute atomic E-state index is 12.6. The molecule has 4 heteroatoms. The van der Waals surface area contributed by atoms with E-state index in [0.717, 1.165) is 37.4 Å². The number of carbonyl (C=O) groups is 1. The highest BCUT2D eigenvalue weighted by atomic mass is 32.1. The molecule has 2 aliphatic rings. The molecule has 1 fully saturated rings. The van der Waals surface area contributed by atoms with Crippen molar-refractivity contribution in [3.8, 4) is 0 Å². The maximum atomic E-state index is 12.6. The van der Waals surface area contributed by atoms with Crippen molar-refractivity contribution < 1.29 is 4.79 Å². The third-order valence-corrected chi connectivity index (χ3v) is 5.35. The molecule has 1 aromatic rings. The van der Waals surface area contributed by atoms with E-state index in [1.165, 1.54) is 36.3 Å². The molecule has 0 spiro atoms. The first-order valence-corrected chi connectivity index (χ1v) is 8.29. The first kappa shape index (κ1) is 13.1. The van der Waals surface area contributed by atoms with E-state index in [-0.39, 0.29) is 5.92 Å². The van der Waals surface area contributed by atoms with E-state index >= 15 is 0 Å². The highest BCUT2D eigenvalue weighted by molar-refractivity contribution is 7.11. The van der Waals surface area contributed by atoms with Crippen LogP contribution in [0.4, 0.5) is 0 Å². The summed E-state index contributed by atoms with van der Waals surface area (Å²) in [7, 11) is 0. The first-order chi connectivity index (χ1) is 9.24. The Morgan fingerprint density at radius 1 is 1.26 bits per heavy atom. The van der Waals surface area contributed by atoms with Crippen molar-refractivity contribution in [2.75, 3.05) is 13.1 Å². The summed E-state index contributed by atoms with van der Waals surface area (Å²) < 4.78 is 0. The van der Waals surface area contributed by atoms with Crippen LogP contribution in [0, 0.1) is 12.8 Å². The molecular formula is C15H22N2OS. The lowest BCUT2D eigenvalue weighted by Crippen LogP contribution is -2.38. The number of aromatic nitrogens is 1. The Hall–Kier alpha value is -0.900. The molecule has 1 atom stereocenters. The fourth-order valence-electron chi connectivity index (χ4n) is 3.26. The van der Waals surface area contributed by atoms with E-state index in [1.807, 2.05) is 0 Å². The number of nitrogens with zero attached hydrogens (tertiary/aromatic N) is 2. The van der Waals surface area contributed by atoms with Crippen LogP contribution in [0.1, 0.15) is 47.7 Å². The predicted octanol–water partition coefficient (Wildman–Crippen LogP) is 2.96. The van der Waals surface area contributed by atoms with Crippen LogP contribution in [0.5, 0.6) is 0 Å². The number of amides is 1. The van der Waals surface area contributed by atoms with E-state index in [9.17, 15) is 4.79 Å². The average molecular weight is 278 g/mol. The monoisotopic (exact) mass is 278 g/mol. The zero-order valence-corrected chi connectivity index (χ0v) is 12.5. The number of carbonyl (C=O) groups excluding carboxylic acids is 1. The maximum Gasteiger partial charge on any atom is 0.226 e. The molecule has 1 saturated heterocycles. The molecule has 1 amide bonds. The summed E-state index contributed by atoms with van der Waals surface area (Å²) in [4.78, 5) is 20.7. The molecule has 0 radical (unpaired) electrons. The van der Waals surface area contributed by atoms with Crippen LogP contribution in [0.3, 0.4) is 0 Å². The minimum absolute atomic E-state index is 0.213. The molecule has 0 bridgehead atoms. The quantitative estimate of drug-likeness (QED) is 0.791. The number of rotatable bonds is 1. The third-order valence-electron chi connectivity index (χ3n) is 4.31. The number of hydrogen-bond donors (Lipinski definition) is 0. The lowest BCUT2D eigenvalue weighted by atomic mass is 9.90. The molecule has 3 nitrogen and oxygen atoms in total. The SMILES string of the molecule is Cc1nc2c(s1)CC(C(=O)N1CCCCCC1)CC2. The van der Waals surface area contributed by atoms with Crippen LogP contribution in [-0.4, -0.2) is 28.9 Å². The van der Waals surface area contributed by atoms with Crippen LogP contribution in [0.15, 0.2) is 0 Å². The van der Waals surface area contributed by atoms with Gasteiger partial charge >= 0.3 is 0 Å². The largest absolute Gasteiger partial charge is 0.342 e. The number of likely N-dealkylation sites (tertiary alicyclic amines) is 1. The molecule has 0 N–H and O–H groups in total. The van der Waals surface area contributed by atoms with E-state index in [2.05, 4.69) is 16.8 Å². The Labute approximate surface area is 119 Å². The van der Waals surface area contributed by atoms with Crippen molar-refractivity contribution in [3.63, 3.8) is 0 Å². The molecule has 1 aliphatic heterocycles. The standard InChI is InChI=1S/C15H22N2OS/c1-11-16-13-7-6-12(10-14(13)19-11)15(18)17-8-4-2-3-5-9-17/h12H,2-10H2,1H3. The summed E-state index contributed by atoms with van der Waals surface area (Å²) in [5, 5.41) is 1.15. The summed E-state index contributed by atoms with van der Waals surface area (Å²) in [5.74, 6) is 0.615. The Kier molecular flexibility index (Phi) is 3.87. The van der Waals surface area contributed by atoms with Crippen molar-refractivity contribution in [2.45, 2.75) is 51.9 Å². The van der Waals surface area contributed by atoms with Gasteiger partial charge in [0, 0.05) is 23.9 Å². The van der Waals surface area contributed by atoms with Crippen LogP contribution in [-0.2, 0) is 17.6 Å². The Bertz CT molecular complexity index is 461. The van der Waals surface area contributed by atoms with Crippen LogP contribution < -0.4 is 0 Å². The van der Waals surface area contributed by atoms with Gasteiger partial charge in [0.25, 0.3) is 0 Å². The van der Waals surface area contributed by atoms with Crippen molar-refractivity contribution in [1.82, 2.24) is 9.88 Å². The second-order valence-electron chi connectivity index (χ2n) is 5.78. The van der Waals surface area contributed by atoms with Crippen molar-refractivity contribution >= 4 is 17.2 Å². The van der Waals surface area contributed by atoms with Crippen molar-refractivity contribution in [1.29, 1.82) is 0 Å². The fraction of sp³-hybridized carbons (Fsp3) is 0.733.